The van der Waals surface area contributed by atoms with Crippen LogP contribution in [0.1, 0.15) is 43.2 Å². The highest BCUT2D eigenvalue weighted by Gasteiger charge is 2.61. The van der Waals surface area contributed by atoms with Crippen LogP contribution in [-0.2, 0) is 5.41 Å². The third-order valence-corrected chi connectivity index (χ3v) is 15.4. The minimum atomic E-state index is 0.122. The molecule has 0 atom stereocenters. The van der Waals surface area contributed by atoms with Gasteiger partial charge in [-0.25, -0.2) is 9.97 Å². The summed E-state index contributed by atoms with van der Waals surface area (Å²) in [5.74, 6) is 3.98. The molecular weight excluding hydrogens is 715 g/mol. The van der Waals surface area contributed by atoms with Crippen molar-refractivity contribution in [2.24, 2.45) is 23.7 Å². The van der Waals surface area contributed by atoms with E-state index in [0.29, 0.717) is 5.95 Å². The summed E-state index contributed by atoms with van der Waals surface area (Å²) in [5.41, 5.74) is 14.1. The first kappa shape index (κ1) is 32.4. The van der Waals surface area contributed by atoms with E-state index >= 15 is 0 Å². The predicted molar refractivity (Wildman–Crippen MR) is 243 cm³/mol. The molecule has 4 bridgehead atoms. The average molecular weight is 756 g/mol. The largest absolute Gasteiger partial charge is 0.278 e. The summed E-state index contributed by atoms with van der Waals surface area (Å²) in [7, 11) is 0. The van der Waals surface area contributed by atoms with Gasteiger partial charge in [0.05, 0.1) is 22.2 Å². The molecule has 2 heterocycles. The van der Waals surface area contributed by atoms with Crippen LogP contribution in [-0.4, -0.2) is 14.5 Å². The summed E-state index contributed by atoms with van der Waals surface area (Å²) in [6, 6.07) is 60.8. The number of para-hydroxylation sites is 1. The van der Waals surface area contributed by atoms with Crippen molar-refractivity contribution in [3.63, 3.8) is 0 Å². The standard InChI is InChI=1S/C56H41N3/c1-2-13-35(14-3-1)53-52-44-18-6-4-15-40(44)41-16-5-7-19-45(41)54(52)58-55(57-53)59-49-23-11-9-20-46(49)51-39(21-12-24-50(51)59)36-25-26-43-42-17-8-10-22-47(42)56(48(43)32-36)37-28-33-27-34(30-37)31-38(56)29-33/h1-26,32-34,37-38H,27-31H2. The quantitative estimate of drug-likeness (QED) is 0.168. The molecule has 280 valence electrons. The van der Waals surface area contributed by atoms with Gasteiger partial charge in [-0.1, -0.05) is 146 Å². The maximum atomic E-state index is 5.61. The molecule has 5 aliphatic rings. The molecule has 0 saturated heterocycles. The van der Waals surface area contributed by atoms with Crippen molar-refractivity contribution < 1.29 is 0 Å². The molecule has 0 radical (unpaired) electrons. The Morgan fingerprint density at radius 2 is 1.03 bits per heavy atom. The zero-order valence-corrected chi connectivity index (χ0v) is 32.8. The Hall–Kier alpha value is -6.58. The number of rotatable bonds is 3. The zero-order valence-electron chi connectivity index (χ0n) is 32.8. The van der Waals surface area contributed by atoms with Crippen LogP contribution < -0.4 is 0 Å². The van der Waals surface area contributed by atoms with Crippen molar-refractivity contribution in [1.82, 2.24) is 14.5 Å². The van der Waals surface area contributed by atoms with E-state index in [9.17, 15) is 0 Å². The summed E-state index contributed by atoms with van der Waals surface area (Å²) < 4.78 is 2.33. The van der Waals surface area contributed by atoms with E-state index in [-0.39, 0.29) is 5.41 Å². The minimum absolute atomic E-state index is 0.122. The second-order valence-electron chi connectivity index (χ2n) is 18.1. The molecular formula is C56H41N3. The monoisotopic (exact) mass is 755 g/mol. The molecule has 4 saturated carbocycles. The lowest BCUT2D eigenvalue weighted by Crippen LogP contribution is -2.55. The summed E-state index contributed by atoms with van der Waals surface area (Å²) in [4.78, 5) is 11.2. The highest BCUT2D eigenvalue weighted by atomic mass is 15.2. The van der Waals surface area contributed by atoms with E-state index in [1.165, 1.54) is 81.3 Å². The molecule has 3 heteroatoms. The SMILES string of the molecule is c1ccc(-c2nc(-n3c4ccccc4c4c(-c5ccc6c(c5)C5(c7ccccc7-6)C6CC7CC(C6)CC5C7)cccc43)nc3c4ccccc4c4ccccc4c23)cc1. The first-order valence-electron chi connectivity index (χ1n) is 21.7. The third kappa shape index (κ3) is 4.22. The van der Waals surface area contributed by atoms with Gasteiger partial charge in [-0.15, -0.1) is 0 Å². The van der Waals surface area contributed by atoms with Crippen LogP contribution in [0.3, 0.4) is 0 Å². The molecule has 2 aromatic heterocycles. The van der Waals surface area contributed by atoms with Gasteiger partial charge in [-0.3, -0.25) is 4.57 Å². The fourth-order valence-corrected chi connectivity index (χ4v) is 13.5. The van der Waals surface area contributed by atoms with Crippen molar-refractivity contribution >= 4 is 54.3 Å². The topological polar surface area (TPSA) is 30.7 Å². The lowest BCUT2D eigenvalue weighted by Gasteiger charge is -2.61. The Kier molecular flexibility index (Phi) is 6.46. The van der Waals surface area contributed by atoms with E-state index in [1.54, 1.807) is 11.1 Å². The van der Waals surface area contributed by atoms with Crippen LogP contribution in [0.5, 0.6) is 0 Å². The molecule has 0 amide bonds. The lowest BCUT2D eigenvalue weighted by atomic mass is 9.43. The Morgan fingerprint density at radius 3 is 1.83 bits per heavy atom. The fourth-order valence-electron chi connectivity index (χ4n) is 13.5. The summed E-state index contributed by atoms with van der Waals surface area (Å²) in [6.07, 6.45) is 7.00. The van der Waals surface area contributed by atoms with Gasteiger partial charge in [-0.2, -0.15) is 0 Å². The van der Waals surface area contributed by atoms with Crippen molar-refractivity contribution in [3.8, 4) is 39.5 Å². The molecule has 0 aliphatic heterocycles. The molecule has 0 unspecified atom stereocenters. The Balaban J connectivity index is 1.04. The molecule has 4 fully saturated rings. The van der Waals surface area contributed by atoms with E-state index in [2.05, 4.69) is 168 Å². The molecule has 59 heavy (non-hydrogen) atoms. The van der Waals surface area contributed by atoms with Gasteiger partial charge < -0.3 is 0 Å². The van der Waals surface area contributed by atoms with Crippen molar-refractivity contribution in [2.75, 3.05) is 0 Å². The second kappa shape index (κ2) is 11.8. The average Bonchev–Trinajstić information content (AvgIpc) is 3.78. The first-order valence-corrected chi connectivity index (χ1v) is 21.7. The highest BCUT2D eigenvalue weighted by molar-refractivity contribution is 6.27. The van der Waals surface area contributed by atoms with Gasteiger partial charge in [0, 0.05) is 32.5 Å². The number of fused-ring (bicyclic) bond motifs is 12. The number of nitrogens with zero attached hydrogens (tertiary/aromatic N) is 3. The molecule has 0 N–H and O–H groups in total. The summed E-state index contributed by atoms with van der Waals surface area (Å²) in [6.45, 7) is 0. The van der Waals surface area contributed by atoms with Gasteiger partial charge >= 0.3 is 0 Å². The first-order chi connectivity index (χ1) is 29.2. The van der Waals surface area contributed by atoms with E-state index in [4.69, 9.17) is 9.97 Å². The van der Waals surface area contributed by atoms with Gasteiger partial charge in [0.1, 0.15) is 0 Å². The maximum Gasteiger partial charge on any atom is 0.235 e. The summed E-state index contributed by atoms with van der Waals surface area (Å²) >= 11 is 0. The number of hydrogen-bond donors (Lipinski definition) is 0. The maximum absolute atomic E-state index is 5.61. The van der Waals surface area contributed by atoms with Crippen LogP contribution in [0.4, 0.5) is 0 Å². The third-order valence-electron chi connectivity index (χ3n) is 15.4. The van der Waals surface area contributed by atoms with Gasteiger partial charge in [0.25, 0.3) is 0 Å². The van der Waals surface area contributed by atoms with Gasteiger partial charge in [-0.05, 0) is 124 Å². The van der Waals surface area contributed by atoms with Crippen molar-refractivity contribution in [1.29, 1.82) is 0 Å². The molecule has 8 aromatic carbocycles. The molecule has 1 spiro atoms. The predicted octanol–water partition coefficient (Wildman–Crippen LogP) is 14.1. The van der Waals surface area contributed by atoms with E-state index in [0.717, 1.165) is 62.3 Å². The Bertz CT molecular complexity index is 3380. The molecule has 10 aromatic rings. The normalized spacial score (nSPS) is 22.6. The molecule has 3 nitrogen and oxygen atoms in total. The lowest BCUT2D eigenvalue weighted by molar-refractivity contribution is -0.0399. The Morgan fingerprint density at radius 1 is 0.424 bits per heavy atom. The van der Waals surface area contributed by atoms with Crippen LogP contribution in [0.15, 0.2) is 164 Å². The smallest absolute Gasteiger partial charge is 0.235 e. The van der Waals surface area contributed by atoms with Gasteiger partial charge in [0.15, 0.2) is 0 Å². The van der Waals surface area contributed by atoms with E-state index < -0.39 is 0 Å². The Labute approximate surface area is 343 Å². The van der Waals surface area contributed by atoms with Crippen LogP contribution in [0, 0.1) is 23.7 Å². The summed E-state index contributed by atoms with van der Waals surface area (Å²) in [5, 5.41) is 8.31. The van der Waals surface area contributed by atoms with Crippen LogP contribution in [0.25, 0.3) is 93.7 Å². The van der Waals surface area contributed by atoms with Gasteiger partial charge in [0.2, 0.25) is 5.95 Å². The highest BCUT2D eigenvalue weighted by Crippen LogP contribution is 2.69. The molecule has 15 rings (SSSR count). The van der Waals surface area contributed by atoms with Crippen molar-refractivity contribution in [3.05, 3.63) is 175 Å². The van der Waals surface area contributed by atoms with E-state index in [1.807, 2.05) is 0 Å². The number of hydrogen-bond acceptors (Lipinski definition) is 2. The zero-order chi connectivity index (χ0) is 38.4. The second-order valence-corrected chi connectivity index (χ2v) is 18.1. The van der Waals surface area contributed by atoms with Crippen LogP contribution >= 0.6 is 0 Å². The van der Waals surface area contributed by atoms with Crippen LogP contribution in [0.2, 0.25) is 0 Å². The number of aromatic nitrogens is 3. The minimum Gasteiger partial charge on any atom is -0.278 e. The van der Waals surface area contributed by atoms with Crippen molar-refractivity contribution in [2.45, 2.75) is 37.5 Å². The fraction of sp³-hybridized carbons (Fsp3) is 0.179. The molecule has 5 aliphatic carbocycles. The number of benzene rings is 8.